The maximum Gasteiger partial charge on any atom is 0.191 e. The molecule has 2 saturated heterocycles. The van der Waals surface area contributed by atoms with E-state index in [9.17, 15) is 4.39 Å². The molecule has 6 nitrogen and oxygen atoms in total. The molecule has 32 heavy (non-hydrogen) atoms. The summed E-state index contributed by atoms with van der Waals surface area (Å²) in [5.41, 5.74) is 4.08. The van der Waals surface area contributed by atoms with Crippen molar-refractivity contribution < 1.29 is 9.13 Å². The molecule has 2 fully saturated rings. The van der Waals surface area contributed by atoms with Crippen LogP contribution in [0.1, 0.15) is 17.5 Å². The van der Waals surface area contributed by atoms with Crippen LogP contribution in [0.25, 0.3) is 0 Å². The number of hydrogen-bond acceptors (Lipinski definition) is 4. The van der Waals surface area contributed by atoms with Gasteiger partial charge in [-0.1, -0.05) is 23.8 Å². The topological polar surface area (TPSA) is 52.1 Å². The molecule has 0 spiro atoms. The average Bonchev–Trinajstić information content (AvgIpc) is 3.26. The summed E-state index contributed by atoms with van der Waals surface area (Å²) in [6, 6.07) is 14.4. The fourth-order valence-electron chi connectivity index (χ4n) is 4.16. The third kappa shape index (κ3) is 6.25. The Kier molecular flexibility index (Phi) is 8.98. The first kappa shape index (κ1) is 24.6. The Hall–Kier alpha value is -2.07. The minimum atomic E-state index is -0.186. The van der Waals surface area contributed by atoms with Crippen molar-refractivity contribution in [1.82, 2.24) is 10.6 Å². The third-order valence-electron chi connectivity index (χ3n) is 5.98. The molecule has 0 bridgehead atoms. The quantitative estimate of drug-likeness (QED) is 0.337. The fraction of sp³-hybridized carbons (Fsp3) is 0.458. The zero-order chi connectivity index (χ0) is 21.6. The largest absolute Gasteiger partial charge is 0.378 e. The second-order valence-electron chi connectivity index (χ2n) is 8.22. The number of aliphatic imine (C=N–C) groups is 1. The van der Waals surface area contributed by atoms with Gasteiger partial charge in [0.05, 0.1) is 18.9 Å². The highest BCUT2D eigenvalue weighted by molar-refractivity contribution is 14.0. The second kappa shape index (κ2) is 11.7. The van der Waals surface area contributed by atoms with E-state index in [1.807, 2.05) is 17.0 Å². The highest BCUT2D eigenvalue weighted by Gasteiger charge is 2.23. The summed E-state index contributed by atoms with van der Waals surface area (Å²) in [6.07, 6.45) is 1.05. The van der Waals surface area contributed by atoms with Crippen LogP contribution in [0.2, 0.25) is 0 Å². The molecule has 2 aromatic carbocycles. The number of hydrogen-bond donors (Lipinski definition) is 2. The Labute approximate surface area is 207 Å². The van der Waals surface area contributed by atoms with Crippen molar-refractivity contribution in [1.29, 1.82) is 0 Å². The number of benzene rings is 2. The van der Waals surface area contributed by atoms with Crippen LogP contribution in [0.15, 0.2) is 47.5 Å². The van der Waals surface area contributed by atoms with E-state index in [1.54, 1.807) is 13.1 Å². The maximum atomic E-state index is 14.6. The molecule has 0 amide bonds. The molecule has 1 atom stereocenters. The van der Waals surface area contributed by atoms with Gasteiger partial charge in [-0.3, -0.25) is 4.99 Å². The average molecular weight is 553 g/mol. The molecule has 2 aliphatic heterocycles. The molecule has 0 saturated carbocycles. The van der Waals surface area contributed by atoms with Crippen molar-refractivity contribution in [2.24, 2.45) is 4.99 Å². The van der Waals surface area contributed by atoms with Gasteiger partial charge in [-0.05, 0) is 43.2 Å². The molecule has 2 aliphatic rings. The number of aryl methyl sites for hydroxylation is 1. The second-order valence-corrected chi connectivity index (χ2v) is 8.22. The molecule has 2 aromatic rings. The number of halogens is 2. The maximum absolute atomic E-state index is 14.6. The van der Waals surface area contributed by atoms with Gasteiger partial charge in [-0.15, -0.1) is 24.0 Å². The standard InChI is InChI=1S/C24H32FN5O.HI/c1-18-3-6-21(7-4-18)30-10-9-20(17-30)28-24(26-2)27-16-19-5-8-23(22(25)15-19)29-11-13-31-14-12-29;/h3-8,15,20H,9-14,16-17H2,1-2H3,(H2,26,27,28);1H. The van der Waals surface area contributed by atoms with Crippen LogP contribution < -0.4 is 20.4 Å². The molecule has 8 heteroatoms. The molecule has 1 unspecified atom stereocenters. The zero-order valence-corrected chi connectivity index (χ0v) is 21.1. The SMILES string of the molecule is CN=C(NCc1ccc(N2CCOCC2)c(F)c1)NC1CCN(c2ccc(C)cc2)C1.I. The Morgan fingerprint density at radius 1 is 1.09 bits per heavy atom. The van der Waals surface area contributed by atoms with Gasteiger partial charge in [0.1, 0.15) is 5.82 Å². The van der Waals surface area contributed by atoms with Gasteiger partial charge in [-0.25, -0.2) is 4.39 Å². The molecule has 4 rings (SSSR count). The highest BCUT2D eigenvalue weighted by atomic mass is 127. The van der Waals surface area contributed by atoms with E-state index in [0.29, 0.717) is 31.5 Å². The molecular formula is C24H33FIN5O. The van der Waals surface area contributed by atoms with Crippen molar-refractivity contribution in [2.75, 3.05) is 56.2 Å². The van der Waals surface area contributed by atoms with E-state index in [4.69, 9.17) is 4.74 Å². The predicted molar refractivity (Wildman–Crippen MR) is 140 cm³/mol. The fourth-order valence-corrected chi connectivity index (χ4v) is 4.16. The van der Waals surface area contributed by atoms with Crippen LogP contribution in [0.4, 0.5) is 15.8 Å². The number of rotatable bonds is 5. The molecule has 174 valence electrons. The first-order valence-corrected chi connectivity index (χ1v) is 11.0. The minimum Gasteiger partial charge on any atom is -0.378 e. The van der Waals surface area contributed by atoms with Gasteiger partial charge in [-0.2, -0.15) is 0 Å². The lowest BCUT2D eigenvalue weighted by molar-refractivity contribution is 0.122. The lowest BCUT2D eigenvalue weighted by Crippen LogP contribution is -2.44. The van der Waals surface area contributed by atoms with E-state index in [-0.39, 0.29) is 29.8 Å². The van der Waals surface area contributed by atoms with Crippen LogP contribution in [0.5, 0.6) is 0 Å². The Balaban J connectivity index is 0.00000289. The van der Waals surface area contributed by atoms with Crippen LogP contribution in [0, 0.1) is 12.7 Å². The van der Waals surface area contributed by atoms with E-state index < -0.39 is 0 Å². The van der Waals surface area contributed by atoms with Crippen LogP contribution >= 0.6 is 24.0 Å². The van der Waals surface area contributed by atoms with Crippen molar-refractivity contribution in [3.05, 3.63) is 59.4 Å². The lowest BCUT2D eigenvalue weighted by atomic mass is 10.1. The van der Waals surface area contributed by atoms with Gasteiger partial charge in [0.25, 0.3) is 0 Å². The number of anilines is 2. The Bertz CT molecular complexity index is 902. The first-order valence-electron chi connectivity index (χ1n) is 11.0. The van der Waals surface area contributed by atoms with E-state index in [2.05, 4.69) is 51.7 Å². The highest BCUT2D eigenvalue weighted by Crippen LogP contribution is 2.22. The number of nitrogens with one attached hydrogen (secondary N) is 2. The zero-order valence-electron chi connectivity index (χ0n) is 18.8. The minimum absolute atomic E-state index is 0. The van der Waals surface area contributed by atoms with E-state index >= 15 is 0 Å². The molecule has 0 aromatic heterocycles. The van der Waals surface area contributed by atoms with Crippen LogP contribution in [-0.2, 0) is 11.3 Å². The summed E-state index contributed by atoms with van der Waals surface area (Å²) in [5.74, 6) is 0.557. The molecule has 2 heterocycles. The smallest absolute Gasteiger partial charge is 0.191 e. The summed E-state index contributed by atoms with van der Waals surface area (Å²) < 4.78 is 20.0. The Morgan fingerprint density at radius 2 is 1.84 bits per heavy atom. The molecular weight excluding hydrogens is 520 g/mol. The number of morpholine rings is 1. The predicted octanol–water partition coefficient (Wildman–Crippen LogP) is 3.53. The molecule has 2 N–H and O–H groups in total. The third-order valence-corrected chi connectivity index (χ3v) is 5.98. The van der Waals surface area contributed by atoms with Gasteiger partial charge in [0, 0.05) is 51.5 Å². The van der Waals surface area contributed by atoms with Gasteiger partial charge in [0.15, 0.2) is 5.96 Å². The summed E-state index contributed by atoms with van der Waals surface area (Å²) in [7, 11) is 1.77. The van der Waals surface area contributed by atoms with Crippen molar-refractivity contribution in [3.63, 3.8) is 0 Å². The van der Waals surface area contributed by atoms with Crippen LogP contribution in [-0.4, -0.2) is 58.4 Å². The number of nitrogens with zero attached hydrogens (tertiary/aromatic N) is 3. The van der Waals surface area contributed by atoms with Gasteiger partial charge < -0.3 is 25.2 Å². The Morgan fingerprint density at radius 3 is 2.53 bits per heavy atom. The van der Waals surface area contributed by atoms with Crippen molar-refractivity contribution >= 4 is 41.3 Å². The first-order chi connectivity index (χ1) is 15.1. The van der Waals surface area contributed by atoms with E-state index in [1.165, 1.54) is 11.3 Å². The van der Waals surface area contributed by atoms with E-state index in [0.717, 1.165) is 44.1 Å². The van der Waals surface area contributed by atoms with Crippen LogP contribution in [0.3, 0.4) is 0 Å². The summed E-state index contributed by atoms with van der Waals surface area (Å²) in [4.78, 5) is 8.78. The molecule has 0 aliphatic carbocycles. The normalized spacial score (nSPS) is 19.0. The summed E-state index contributed by atoms with van der Waals surface area (Å²) in [5, 5.41) is 6.83. The van der Waals surface area contributed by atoms with Gasteiger partial charge >= 0.3 is 0 Å². The monoisotopic (exact) mass is 553 g/mol. The van der Waals surface area contributed by atoms with Crippen molar-refractivity contribution in [2.45, 2.75) is 25.9 Å². The number of guanidine groups is 1. The van der Waals surface area contributed by atoms with Gasteiger partial charge in [0.2, 0.25) is 0 Å². The summed E-state index contributed by atoms with van der Waals surface area (Å²) in [6.45, 7) is 7.33. The molecule has 0 radical (unpaired) electrons. The lowest BCUT2D eigenvalue weighted by Gasteiger charge is -2.29. The summed E-state index contributed by atoms with van der Waals surface area (Å²) >= 11 is 0. The number of ether oxygens (including phenoxy) is 1. The van der Waals surface area contributed by atoms with Crippen molar-refractivity contribution in [3.8, 4) is 0 Å².